The number of hydrogen-bond acceptors (Lipinski definition) is 4. The number of imidazole rings is 1. The molecule has 7 nitrogen and oxygen atoms in total. The van der Waals surface area contributed by atoms with E-state index in [0.717, 1.165) is 6.07 Å². The fourth-order valence-corrected chi connectivity index (χ4v) is 2.61. The average molecular weight is 344 g/mol. The van der Waals surface area contributed by atoms with Gasteiger partial charge in [0.15, 0.2) is 5.43 Å². The van der Waals surface area contributed by atoms with Crippen molar-refractivity contribution in [3.05, 3.63) is 64.2 Å². The van der Waals surface area contributed by atoms with Crippen LogP contribution in [0, 0.1) is 5.82 Å². The molecule has 0 fully saturated rings. The predicted octanol–water partition coefficient (Wildman–Crippen LogP) is 1.04. The largest absolute Gasteiger partial charge is 0.395 e. The van der Waals surface area contributed by atoms with Gasteiger partial charge in [-0.2, -0.15) is 0 Å². The molecule has 0 aliphatic rings. The molecule has 0 unspecified atom stereocenters. The number of halogens is 1. The summed E-state index contributed by atoms with van der Waals surface area (Å²) in [5.41, 5.74) is -0.498. The molecule has 1 aromatic carbocycles. The van der Waals surface area contributed by atoms with Gasteiger partial charge in [0.25, 0.3) is 5.91 Å². The van der Waals surface area contributed by atoms with Crippen molar-refractivity contribution < 1.29 is 14.3 Å². The number of aromatic nitrogens is 3. The Kier molecular flexibility index (Phi) is 4.62. The maximum Gasteiger partial charge on any atom is 0.270 e. The second-order valence-electron chi connectivity index (χ2n) is 5.61. The van der Waals surface area contributed by atoms with Crippen molar-refractivity contribution in [3.8, 4) is 0 Å². The number of amides is 1. The molecular weight excluding hydrogens is 327 g/mol. The van der Waals surface area contributed by atoms with Gasteiger partial charge in [-0.3, -0.25) is 9.59 Å². The van der Waals surface area contributed by atoms with Gasteiger partial charge in [-0.05, 0) is 12.1 Å². The summed E-state index contributed by atoms with van der Waals surface area (Å²) in [5, 5.41) is 9.42. The lowest BCUT2D eigenvalue weighted by molar-refractivity contribution is 0.0696. The highest BCUT2D eigenvalue weighted by atomic mass is 19.1. The van der Waals surface area contributed by atoms with Gasteiger partial charge >= 0.3 is 0 Å². The van der Waals surface area contributed by atoms with Crippen LogP contribution < -0.4 is 5.43 Å². The molecule has 0 aliphatic carbocycles. The van der Waals surface area contributed by atoms with Crippen LogP contribution in [-0.2, 0) is 13.6 Å². The average Bonchev–Trinajstić information content (AvgIpc) is 2.99. The number of carbonyl (C=O) groups excluding carboxylic acids is 1. The molecular formula is C17H17FN4O3. The van der Waals surface area contributed by atoms with E-state index < -0.39 is 17.2 Å². The maximum absolute atomic E-state index is 14.0. The number of benzene rings is 1. The first kappa shape index (κ1) is 16.8. The Hall–Kier alpha value is -3.00. The van der Waals surface area contributed by atoms with Crippen molar-refractivity contribution in [2.75, 3.05) is 13.2 Å². The van der Waals surface area contributed by atoms with E-state index in [-0.39, 0.29) is 36.3 Å². The lowest BCUT2D eigenvalue weighted by atomic mass is 10.1. The molecule has 3 aromatic rings. The van der Waals surface area contributed by atoms with Crippen LogP contribution in [0.25, 0.3) is 10.9 Å². The van der Waals surface area contributed by atoms with E-state index in [1.54, 1.807) is 24.0 Å². The molecule has 0 radical (unpaired) electrons. The van der Waals surface area contributed by atoms with E-state index in [1.165, 1.54) is 23.1 Å². The summed E-state index contributed by atoms with van der Waals surface area (Å²) in [7, 11) is 1.79. The van der Waals surface area contributed by atoms with Crippen molar-refractivity contribution in [1.29, 1.82) is 0 Å². The first-order valence-corrected chi connectivity index (χ1v) is 7.69. The second kappa shape index (κ2) is 6.86. The fourth-order valence-electron chi connectivity index (χ4n) is 2.61. The van der Waals surface area contributed by atoms with Crippen molar-refractivity contribution >= 4 is 16.8 Å². The van der Waals surface area contributed by atoms with E-state index in [2.05, 4.69) is 9.97 Å². The SMILES string of the molecule is Cn1ccnc1CN(CCO)C(=O)c1cc(=O)c2cccc(F)c2[nH]1. The number of aromatic amines is 1. The standard InChI is InChI=1S/C17H17FN4O3/c1-21-6-5-19-15(21)10-22(7-8-23)17(25)13-9-14(24)11-3-2-4-12(18)16(11)20-13/h2-6,9,23H,7-8,10H2,1H3,(H,20,24). The van der Waals surface area contributed by atoms with Gasteiger partial charge in [-0.25, -0.2) is 9.37 Å². The van der Waals surface area contributed by atoms with Crippen LogP contribution in [0.5, 0.6) is 0 Å². The highest BCUT2D eigenvalue weighted by molar-refractivity contribution is 5.94. The van der Waals surface area contributed by atoms with Crippen LogP contribution in [-0.4, -0.2) is 43.6 Å². The molecule has 0 saturated carbocycles. The van der Waals surface area contributed by atoms with E-state index >= 15 is 0 Å². The van der Waals surface area contributed by atoms with Gasteiger partial charge in [0.1, 0.15) is 17.3 Å². The summed E-state index contributed by atoms with van der Waals surface area (Å²) in [6.07, 6.45) is 3.34. The third kappa shape index (κ3) is 3.29. The Balaban J connectivity index is 1.99. The van der Waals surface area contributed by atoms with Crippen molar-refractivity contribution in [2.45, 2.75) is 6.54 Å². The predicted molar refractivity (Wildman–Crippen MR) is 89.6 cm³/mol. The maximum atomic E-state index is 14.0. The Labute approximate surface area is 142 Å². The summed E-state index contributed by atoms with van der Waals surface area (Å²) >= 11 is 0. The van der Waals surface area contributed by atoms with Crippen LogP contribution in [0.15, 0.2) is 41.5 Å². The molecule has 0 saturated heterocycles. The Morgan fingerprint density at radius 2 is 2.24 bits per heavy atom. The third-order valence-electron chi connectivity index (χ3n) is 3.95. The lowest BCUT2D eigenvalue weighted by Crippen LogP contribution is -2.35. The van der Waals surface area contributed by atoms with Gasteiger partial charge in [0, 0.05) is 37.4 Å². The number of aliphatic hydroxyl groups excluding tert-OH is 1. The summed E-state index contributed by atoms with van der Waals surface area (Å²) in [6, 6.07) is 5.29. The van der Waals surface area contributed by atoms with Gasteiger partial charge < -0.3 is 19.6 Å². The quantitative estimate of drug-likeness (QED) is 0.723. The first-order valence-electron chi connectivity index (χ1n) is 7.69. The van der Waals surface area contributed by atoms with Crippen molar-refractivity contribution in [3.63, 3.8) is 0 Å². The summed E-state index contributed by atoms with van der Waals surface area (Å²) < 4.78 is 15.7. The van der Waals surface area contributed by atoms with E-state index in [4.69, 9.17) is 0 Å². The van der Waals surface area contributed by atoms with Crippen molar-refractivity contribution in [1.82, 2.24) is 19.4 Å². The third-order valence-corrected chi connectivity index (χ3v) is 3.95. The normalized spacial score (nSPS) is 11.0. The number of para-hydroxylation sites is 1. The monoisotopic (exact) mass is 344 g/mol. The van der Waals surface area contributed by atoms with Crippen LogP contribution in [0.3, 0.4) is 0 Å². The molecule has 0 bridgehead atoms. The van der Waals surface area contributed by atoms with E-state index in [0.29, 0.717) is 5.82 Å². The number of H-pyrrole nitrogens is 1. The van der Waals surface area contributed by atoms with Gasteiger partial charge in [0.05, 0.1) is 18.7 Å². The molecule has 1 amide bonds. The molecule has 130 valence electrons. The van der Waals surface area contributed by atoms with Gasteiger partial charge in [0.2, 0.25) is 0 Å². The molecule has 0 atom stereocenters. The number of rotatable bonds is 5. The highest BCUT2D eigenvalue weighted by Gasteiger charge is 2.20. The zero-order valence-electron chi connectivity index (χ0n) is 13.6. The number of carbonyl (C=O) groups is 1. The van der Waals surface area contributed by atoms with Crippen LogP contribution in [0.1, 0.15) is 16.3 Å². The Morgan fingerprint density at radius 3 is 2.92 bits per heavy atom. The minimum atomic E-state index is -0.609. The molecule has 0 spiro atoms. The molecule has 8 heteroatoms. The number of aliphatic hydroxyl groups is 1. The summed E-state index contributed by atoms with van der Waals surface area (Å²) in [6.45, 7) is -0.0361. The lowest BCUT2D eigenvalue weighted by Gasteiger charge is -2.21. The van der Waals surface area contributed by atoms with Crippen LogP contribution in [0.2, 0.25) is 0 Å². The molecule has 25 heavy (non-hydrogen) atoms. The van der Waals surface area contributed by atoms with Crippen LogP contribution in [0.4, 0.5) is 4.39 Å². The smallest absolute Gasteiger partial charge is 0.270 e. The van der Waals surface area contributed by atoms with E-state index in [9.17, 15) is 19.1 Å². The van der Waals surface area contributed by atoms with Crippen molar-refractivity contribution in [2.24, 2.45) is 7.05 Å². The molecule has 2 aromatic heterocycles. The van der Waals surface area contributed by atoms with Crippen LogP contribution >= 0.6 is 0 Å². The first-order chi connectivity index (χ1) is 12.0. The Bertz CT molecular complexity index is 979. The summed E-state index contributed by atoms with van der Waals surface area (Å²) in [5.74, 6) is -0.502. The zero-order chi connectivity index (χ0) is 18.0. The number of aryl methyl sites for hydroxylation is 1. The molecule has 3 rings (SSSR count). The molecule has 0 aliphatic heterocycles. The van der Waals surface area contributed by atoms with Gasteiger partial charge in [-0.1, -0.05) is 6.07 Å². The van der Waals surface area contributed by atoms with E-state index in [1.807, 2.05) is 0 Å². The number of pyridine rings is 1. The zero-order valence-corrected chi connectivity index (χ0v) is 13.6. The Morgan fingerprint density at radius 1 is 1.44 bits per heavy atom. The number of nitrogens with one attached hydrogen (secondary N) is 1. The fraction of sp³-hybridized carbons (Fsp3) is 0.235. The minimum Gasteiger partial charge on any atom is -0.395 e. The molecule has 2 heterocycles. The number of nitrogens with zero attached hydrogens (tertiary/aromatic N) is 3. The topological polar surface area (TPSA) is 91.2 Å². The summed E-state index contributed by atoms with van der Waals surface area (Å²) in [4.78, 5) is 33.1. The minimum absolute atomic E-state index is 0.0145. The molecule has 2 N–H and O–H groups in total. The highest BCUT2D eigenvalue weighted by Crippen LogP contribution is 2.14. The second-order valence-corrected chi connectivity index (χ2v) is 5.61. The van der Waals surface area contributed by atoms with Gasteiger partial charge in [-0.15, -0.1) is 0 Å². The number of fused-ring (bicyclic) bond motifs is 1. The number of hydrogen-bond donors (Lipinski definition) is 2.